The van der Waals surface area contributed by atoms with Crippen molar-refractivity contribution in [1.29, 1.82) is 0 Å². The maximum absolute atomic E-state index is 12.6. The van der Waals surface area contributed by atoms with Crippen molar-refractivity contribution in [2.24, 2.45) is 0 Å². The summed E-state index contributed by atoms with van der Waals surface area (Å²) in [6.07, 6.45) is -1.46. The third-order valence-corrected chi connectivity index (χ3v) is 5.96. The molecule has 1 aliphatic heterocycles. The Hall–Kier alpha value is -1.54. The Kier molecular flexibility index (Phi) is 4.14. The molecule has 1 aromatic carbocycles. The van der Waals surface area contributed by atoms with Crippen LogP contribution in [0.1, 0.15) is 25.7 Å². The number of rotatable bonds is 3. The van der Waals surface area contributed by atoms with Crippen LogP contribution in [0.3, 0.4) is 0 Å². The monoisotopic (exact) mass is 347 g/mol. The normalized spacial score (nSPS) is 19.8. The van der Waals surface area contributed by atoms with E-state index in [0.717, 1.165) is 25.0 Å². The molecule has 0 aromatic heterocycles. The van der Waals surface area contributed by atoms with Gasteiger partial charge in [-0.3, -0.25) is 0 Å². The lowest BCUT2D eigenvalue weighted by Crippen LogP contribution is -2.36. The van der Waals surface area contributed by atoms with Crippen molar-refractivity contribution in [1.82, 2.24) is 4.31 Å². The zero-order valence-electron chi connectivity index (χ0n) is 12.3. The molecule has 0 spiro atoms. The molecule has 2 fully saturated rings. The van der Waals surface area contributed by atoms with Crippen LogP contribution in [0.25, 0.3) is 0 Å². The van der Waals surface area contributed by atoms with Crippen LogP contribution in [0.15, 0.2) is 40.3 Å². The van der Waals surface area contributed by atoms with Gasteiger partial charge in [-0.1, -0.05) is 23.3 Å². The highest BCUT2D eigenvalue weighted by molar-refractivity contribution is 7.89. The zero-order chi connectivity index (χ0) is 16.7. The summed E-state index contributed by atoms with van der Waals surface area (Å²) in [6.45, 7) is 0.586. The molecule has 1 heterocycles. The van der Waals surface area contributed by atoms with Crippen molar-refractivity contribution in [2.75, 3.05) is 13.1 Å². The van der Waals surface area contributed by atoms with Crippen molar-refractivity contribution < 1.29 is 26.3 Å². The summed E-state index contributed by atoms with van der Waals surface area (Å²) in [6, 6.07) is 4.86. The number of hydrogen-bond donors (Lipinski definition) is 0. The van der Waals surface area contributed by atoms with Gasteiger partial charge >= 0.3 is 6.36 Å². The lowest BCUT2D eigenvalue weighted by Gasteiger charge is -2.28. The fraction of sp³-hybridized carbons (Fsp3) is 0.467. The Morgan fingerprint density at radius 2 is 1.52 bits per heavy atom. The van der Waals surface area contributed by atoms with Crippen molar-refractivity contribution in [2.45, 2.75) is 36.9 Å². The van der Waals surface area contributed by atoms with Crippen LogP contribution in [0, 0.1) is 0 Å². The summed E-state index contributed by atoms with van der Waals surface area (Å²) < 4.78 is 67.8. The molecule has 2 aliphatic rings. The molecule has 126 valence electrons. The van der Waals surface area contributed by atoms with Gasteiger partial charge < -0.3 is 4.74 Å². The average Bonchev–Trinajstić information content (AvgIpc) is 3.31. The van der Waals surface area contributed by atoms with Crippen molar-refractivity contribution in [3.05, 3.63) is 35.4 Å². The second-order valence-electron chi connectivity index (χ2n) is 5.61. The summed E-state index contributed by atoms with van der Waals surface area (Å²) in [7, 11) is -4.01. The van der Waals surface area contributed by atoms with E-state index in [0.29, 0.717) is 25.9 Å². The van der Waals surface area contributed by atoms with Gasteiger partial charge in [0.25, 0.3) is 0 Å². The van der Waals surface area contributed by atoms with E-state index in [1.165, 1.54) is 27.6 Å². The summed E-state index contributed by atoms with van der Waals surface area (Å²) in [5, 5.41) is 0. The number of benzene rings is 1. The molecule has 0 radical (unpaired) electrons. The first-order valence-corrected chi connectivity index (χ1v) is 8.76. The van der Waals surface area contributed by atoms with E-state index in [1.54, 1.807) is 0 Å². The van der Waals surface area contributed by atoms with E-state index in [-0.39, 0.29) is 0 Å². The number of alkyl halides is 3. The van der Waals surface area contributed by atoms with Gasteiger partial charge in [-0.05, 0) is 37.8 Å². The Morgan fingerprint density at radius 3 is 2.09 bits per heavy atom. The molecule has 0 N–H and O–H groups in total. The summed E-state index contributed by atoms with van der Waals surface area (Å²) in [5.74, 6) is -0.689. The van der Waals surface area contributed by atoms with Gasteiger partial charge in [0.15, 0.2) is 0 Å². The maximum Gasteiger partial charge on any atom is 0.573 e. The topological polar surface area (TPSA) is 46.6 Å². The Balaban J connectivity index is 1.84. The largest absolute Gasteiger partial charge is 0.573 e. The quantitative estimate of drug-likeness (QED) is 0.787. The molecule has 0 amide bonds. The number of halogens is 3. The molecule has 1 aromatic rings. The van der Waals surface area contributed by atoms with Crippen molar-refractivity contribution in [3.8, 4) is 5.75 Å². The number of para-hydroxylation sites is 1. The minimum Gasteiger partial charge on any atom is -0.404 e. The fourth-order valence-electron chi connectivity index (χ4n) is 2.78. The lowest BCUT2D eigenvalue weighted by atomic mass is 10.1. The summed E-state index contributed by atoms with van der Waals surface area (Å²) >= 11 is 0. The summed E-state index contributed by atoms with van der Waals surface area (Å²) in [5.41, 5.74) is 2.71. The predicted octanol–water partition coefficient (Wildman–Crippen LogP) is 3.46. The first-order chi connectivity index (χ1) is 10.8. The molecule has 1 saturated heterocycles. The predicted molar refractivity (Wildman–Crippen MR) is 77.4 cm³/mol. The highest BCUT2D eigenvalue weighted by atomic mass is 32.2. The maximum atomic E-state index is 12.6. The molecule has 0 bridgehead atoms. The molecule has 23 heavy (non-hydrogen) atoms. The second-order valence-corrected chi connectivity index (χ2v) is 7.51. The molecule has 1 saturated carbocycles. The minimum atomic E-state index is -4.93. The average molecular weight is 347 g/mol. The standard InChI is InChI=1S/C15H16F3NO3S/c16-15(17,18)22-13-3-1-2-4-14(13)23(20,21)19-9-7-12(8-10-19)11-5-6-11/h1-4H,5-10H2. The van der Waals surface area contributed by atoms with Crippen LogP contribution < -0.4 is 4.74 Å². The van der Waals surface area contributed by atoms with E-state index in [9.17, 15) is 21.6 Å². The first kappa shape index (κ1) is 16.3. The first-order valence-electron chi connectivity index (χ1n) is 7.32. The zero-order valence-corrected chi connectivity index (χ0v) is 13.1. The Bertz CT molecular complexity index is 725. The van der Waals surface area contributed by atoms with Gasteiger partial charge in [0.05, 0.1) is 0 Å². The smallest absolute Gasteiger partial charge is 0.404 e. The van der Waals surface area contributed by atoms with Crippen molar-refractivity contribution in [3.63, 3.8) is 0 Å². The molecule has 8 heteroatoms. The van der Waals surface area contributed by atoms with E-state index in [4.69, 9.17) is 0 Å². The van der Waals surface area contributed by atoms with Gasteiger partial charge in [0.1, 0.15) is 10.6 Å². The number of nitrogens with zero attached hydrogens (tertiary/aromatic N) is 1. The van der Waals surface area contributed by atoms with E-state index >= 15 is 0 Å². The number of ether oxygens (including phenoxy) is 1. The highest BCUT2D eigenvalue weighted by Crippen LogP contribution is 2.38. The van der Waals surface area contributed by atoms with E-state index in [2.05, 4.69) is 4.74 Å². The number of piperidine rings is 1. The second kappa shape index (κ2) is 5.83. The number of allylic oxidation sites excluding steroid dienone is 1. The van der Waals surface area contributed by atoms with Crippen LogP contribution in [0.5, 0.6) is 5.75 Å². The number of sulfonamides is 1. The van der Waals surface area contributed by atoms with E-state index in [1.807, 2.05) is 0 Å². The van der Waals surface area contributed by atoms with Crippen LogP contribution in [-0.4, -0.2) is 32.2 Å². The third kappa shape index (κ3) is 3.69. The molecule has 3 rings (SSSR count). The van der Waals surface area contributed by atoms with Crippen LogP contribution in [-0.2, 0) is 10.0 Å². The van der Waals surface area contributed by atoms with Crippen molar-refractivity contribution >= 4 is 10.0 Å². The fourth-order valence-corrected chi connectivity index (χ4v) is 4.33. The van der Waals surface area contributed by atoms with Gasteiger partial charge in [-0.25, -0.2) is 8.42 Å². The molecule has 0 unspecified atom stereocenters. The van der Waals surface area contributed by atoms with Gasteiger partial charge in [-0.2, -0.15) is 4.31 Å². The SMILES string of the molecule is O=S(=O)(c1ccccc1OC(F)(F)F)N1CCC(=C2CC2)CC1. The molecule has 0 atom stereocenters. The van der Waals surface area contributed by atoms with Gasteiger partial charge in [-0.15, -0.1) is 13.2 Å². The number of hydrogen-bond acceptors (Lipinski definition) is 3. The molecular formula is C15H16F3NO3S. The Morgan fingerprint density at radius 1 is 0.957 bits per heavy atom. The Labute approximate surface area is 132 Å². The lowest BCUT2D eigenvalue weighted by molar-refractivity contribution is -0.275. The highest BCUT2D eigenvalue weighted by Gasteiger charge is 2.36. The van der Waals surface area contributed by atoms with E-state index < -0.39 is 27.0 Å². The molecule has 4 nitrogen and oxygen atoms in total. The van der Waals surface area contributed by atoms with Crippen LogP contribution >= 0.6 is 0 Å². The van der Waals surface area contributed by atoms with Gasteiger partial charge in [0, 0.05) is 13.1 Å². The molecule has 1 aliphatic carbocycles. The van der Waals surface area contributed by atoms with Crippen LogP contribution in [0.2, 0.25) is 0 Å². The minimum absolute atomic E-state index is 0.293. The third-order valence-electron chi connectivity index (χ3n) is 4.02. The summed E-state index contributed by atoms with van der Waals surface area (Å²) in [4.78, 5) is -0.445. The van der Waals surface area contributed by atoms with Gasteiger partial charge in [0.2, 0.25) is 10.0 Å². The van der Waals surface area contributed by atoms with Crippen LogP contribution in [0.4, 0.5) is 13.2 Å². The molecular weight excluding hydrogens is 331 g/mol.